The summed E-state index contributed by atoms with van der Waals surface area (Å²) in [5.41, 5.74) is 0. The highest BCUT2D eigenvalue weighted by molar-refractivity contribution is 5.74. The van der Waals surface area contributed by atoms with Crippen molar-refractivity contribution in [2.45, 2.75) is 38.1 Å². The molecule has 2 N–H and O–H groups in total. The van der Waals surface area contributed by atoms with E-state index in [0.717, 1.165) is 45.3 Å². The third kappa shape index (κ3) is 4.33. The molecule has 2 amide bonds. The van der Waals surface area contributed by atoms with Crippen molar-refractivity contribution in [3.05, 3.63) is 12.2 Å². The van der Waals surface area contributed by atoms with Crippen LogP contribution in [0.25, 0.3) is 0 Å². The van der Waals surface area contributed by atoms with E-state index in [2.05, 4.69) is 34.7 Å². The van der Waals surface area contributed by atoms with Gasteiger partial charge < -0.3 is 15.5 Å². The summed E-state index contributed by atoms with van der Waals surface area (Å²) in [7, 11) is 2.13. The first-order valence-corrected chi connectivity index (χ1v) is 7.12. The lowest BCUT2D eigenvalue weighted by atomic mass is 9.94. The van der Waals surface area contributed by atoms with Gasteiger partial charge in [-0.05, 0) is 58.2 Å². The number of amides is 2. The monoisotopic (exact) mass is 251 g/mol. The summed E-state index contributed by atoms with van der Waals surface area (Å²) in [6, 6.07) is 0.367. The van der Waals surface area contributed by atoms with E-state index < -0.39 is 0 Å². The van der Waals surface area contributed by atoms with Crippen molar-refractivity contribution in [2.24, 2.45) is 5.92 Å². The number of rotatable bonds is 3. The first-order valence-electron chi connectivity index (χ1n) is 7.12. The second kappa shape index (κ2) is 6.78. The normalized spacial score (nSPS) is 25.9. The second-order valence-electron chi connectivity index (χ2n) is 5.58. The largest absolute Gasteiger partial charge is 0.338 e. The van der Waals surface area contributed by atoms with E-state index in [9.17, 15) is 4.79 Å². The fourth-order valence-corrected chi connectivity index (χ4v) is 2.67. The summed E-state index contributed by atoms with van der Waals surface area (Å²) in [6.07, 6.45) is 10.1. The molecule has 1 fully saturated rings. The summed E-state index contributed by atoms with van der Waals surface area (Å²) in [5.74, 6) is 0.623. The van der Waals surface area contributed by atoms with E-state index in [4.69, 9.17) is 0 Å². The molecular formula is C14H25N3O. The maximum absolute atomic E-state index is 11.8. The van der Waals surface area contributed by atoms with Crippen LogP contribution in [0.15, 0.2) is 12.2 Å². The first kappa shape index (κ1) is 13.4. The van der Waals surface area contributed by atoms with E-state index in [1.165, 1.54) is 6.42 Å². The van der Waals surface area contributed by atoms with Crippen molar-refractivity contribution in [2.75, 3.05) is 26.7 Å². The predicted octanol–water partition coefficient (Wildman–Crippen LogP) is 1.74. The maximum Gasteiger partial charge on any atom is 0.315 e. The zero-order chi connectivity index (χ0) is 12.8. The van der Waals surface area contributed by atoms with Crippen LogP contribution in [-0.4, -0.2) is 43.7 Å². The Morgan fingerprint density at radius 3 is 2.72 bits per heavy atom. The Hall–Kier alpha value is -1.03. The number of carbonyl (C=O) groups is 1. The van der Waals surface area contributed by atoms with Gasteiger partial charge in [0.25, 0.3) is 0 Å². The molecule has 2 aliphatic rings. The van der Waals surface area contributed by atoms with Gasteiger partial charge in [0, 0.05) is 12.6 Å². The molecule has 1 saturated heterocycles. The standard InChI is InChI=1S/C14H25N3O/c1-17-9-7-13(8-10-17)16-14(18)15-11-12-5-3-2-4-6-12/h2-3,12-13H,4-11H2,1H3,(H2,15,16,18). The summed E-state index contributed by atoms with van der Waals surface area (Å²) in [5, 5.41) is 6.10. The van der Waals surface area contributed by atoms with Gasteiger partial charge in [-0.3, -0.25) is 0 Å². The average Bonchev–Trinajstić information content (AvgIpc) is 2.40. The fourth-order valence-electron chi connectivity index (χ4n) is 2.67. The average molecular weight is 251 g/mol. The summed E-state index contributed by atoms with van der Waals surface area (Å²) in [4.78, 5) is 14.1. The highest BCUT2D eigenvalue weighted by Crippen LogP contribution is 2.16. The lowest BCUT2D eigenvalue weighted by Gasteiger charge is -2.29. The minimum Gasteiger partial charge on any atom is -0.338 e. The Morgan fingerprint density at radius 2 is 2.06 bits per heavy atom. The van der Waals surface area contributed by atoms with Gasteiger partial charge in [0.05, 0.1) is 0 Å². The van der Waals surface area contributed by atoms with Crippen LogP contribution >= 0.6 is 0 Å². The van der Waals surface area contributed by atoms with Crippen LogP contribution in [0.4, 0.5) is 4.79 Å². The van der Waals surface area contributed by atoms with Crippen LogP contribution in [0.3, 0.4) is 0 Å². The molecule has 0 radical (unpaired) electrons. The lowest BCUT2D eigenvalue weighted by Crippen LogP contribution is -2.47. The minimum absolute atomic E-state index is 0.0131. The molecule has 2 rings (SSSR count). The zero-order valence-electron chi connectivity index (χ0n) is 11.3. The number of carbonyl (C=O) groups excluding carboxylic acids is 1. The van der Waals surface area contributed by atoms with E-state index in [0.29, 0.717) is 12.0 Å². The van der Waals surface area contributed by atoms with Gasteiger partial charge in [0.1, 0.15) is 0 Å². The van der Waals surface area contributed by atoms with E-state index in [-0.39, 0.29) is 6.03 Å². The van der Waals surface area contributed by atoms with Crippen molar-refractivity contribution < 1.29 is 4.79 Å². The number of allylic oxidation sites excluding steroid dienone is 2. The molecule has 1 heterocycles. The minimum atomic E-state index is 0.0131. The zero-order valence-corrected chi connectivity index (χ0v) is 11.3. The Balaban J connectivity index is 1.61. The van der Waals surface area contributed by atoms with Crippen LogP contribution < -0.4 is 10.6 Å². The van der Waals surface area contributed by atoms with Crippen molar-refractivity contribution in [1.29, 1.82) is 0 Å². The van der Waals surface area contributed by atoms with Crippen molar-refractivity contribution in [3.8, 4) is 0 Å². The molecule has 4 nitrogen and oxygen atoms in total. The van der Waals surface area contributed by atoms with Gasteiger partial charge in [-0.1, -0.05) is 12.2 Å². The molecule has 102 valence electrons. The molecule has 1 unspecified atom stereocenters. The van der Waals surface area contributed by atoms with Gasteiger partial charge in [0.15, 0.2) is 0 Å². The third-order valence-electron chi connectivity index (χ3n) is 3.98. The molecular weight excluding hydrogens is 226 g/mol. The number of hydrogen-bond acceptors (Lipinski definition) is 2. The first-order chi connectivity index (χ1) is 8.74. The molecule has 4 heteroatoms. The number of likely N-dealkylation sites (tertiary alicyclic amines) is 1. The Morgan fingerprint density at radius 1 is 1.28 bits per heavy atom. The molecule has 0 aromatic heterocycles. The topological polar surface area (TPSA) is 44.4 Å². The molecule has 0 spiro atoms. The van der Waals surface area contributed by atoms with Crippen LogP contribution in [0, 0.1) is 5.92 Å². The highest BCUT2D eigenvalue weighted by Gasteiger charge is 2.18. The summed E-state index contributed by atoms with van der Waals surface area (Å²) in [6.45, 7) is 2.97. The van der Waals surface area contributed by atoms with Gasteiger partial charge in [0.2, 0.25) is 0 Å². The highest BCUT2D eigenvalue weighted by atomic mass is 16.2. The summed E-state index contributed by atoms with van der Waals surface area (Å²) < 4.78 is 0. The molecule has 18 heavy (non-hydrogen) atoms. The van der Waals surface area contributed by atoms with Gasteiger partial charge in [-0.2, -0.15) is 0 Å². The Kier molecular flexibility index (Phi) is 5.05. The number of nitrogens with zero attached hydrogens (tertiary/aromatic N) is 1. The van der Waals surface area contributed by atoms with E-state index in [1.54, 1.807) is 0 Å². The smallest absolute Gasteiger partial charge is 0.315 e. The van der Waals surface area contributed by atoms with E-state index in [1.807, 2.05) is 0 Å². The van der Waals surface area contributed by atoms with Gasteiger partial charge in [-0.25, -0.2) is 4.79 Å². The Bertz CT molecular complexity index is 295. The predicted molar refractivity (Wildman–Crippen MR) is 73.5 cm³/mol. The third-order valence-corrected chi connectivity index (χ3v) is 3.98. The summed E-state index contributed by atoms with van der Waals surface area (Å²) >= 11 is 0. The number of urea groups is 1. The van der Waals surface area contributed by atoms with Crippen molar-refractivity contribution >= 4 is 6.03 Å². The SMILES string of the molecule is CN1CCC(NC(=O)NCC2CC=CCC2)CC1. The van der Waals surface area contributed by atoms with Crippen molar-refractivity contribution in [1.82, 2.24) is 15.5 Å². The second-order valence-corrected chi connectivity index (χ2v) is 5.58. The number of piperidine rings is 1. The molecule has 0 aromatic carbocycles. The van der Waals surface area contributed by atoms with Crippen LogP contribution in [-0.2, 0) is 0 Å². The number of nitrogens with one attached hydrogen (secondary N) is 2. The maximum atomic E-state index is 11.8. The molecule has 1 aliphatic carbocycles. The molecule has 0 saturated carbocycles. The molecule has 0 aromatic rings. The molecule has 1 aliphatic heterocycles. The molecule has 0 bridgehead atoms. The van der Waals surface area contributed by atoms with Gasteiger partial charge >= 0.3 is 6.03 Å². The number of hydrogen-bond donors (Lipinski definition) is 2. The molecule has 1 atom stereocenters. The van der Waals surface area contributed by atoms with Crippen LogP contribution in [0.2, 0.25) is 0 Å². The quantitative estimate of drug-likeness (QED) is 0.750. The van der Waals surface area contributed by atoms with Crippen LogP contribution in [0.5, 0.6) is 0 Å². The Labute approximate surface area is 110 Å². The van der Waals surface area contributed by atoms with E-state index >= 15 is 0 Å². The van der Waals surface area contributed by atoms with Crippen LogP contribution in [0.1, 0.15) is 32.1 Å². The van der Waals surface area contributed by atoms with Gasteiger partial charge in [-0.15, -0.1) is 0 Å². The van der Waals surface area contributed by atoms with Crippen molar-refractivity contribution in [3.63, 3.8) is 0 Å². The fraction of sp³-hybridized carbons (Fsp3) is 0.786. The lowest BCUT2D eigenvalue weighted by molar-refractivity contribution is 0.212.